The van der Waals surface area contributed by atoms with Crippen molar-refractivity contribution >= 4 is 11.6 Å². The molecule has 1 aromatic carbocycles. The van der Waals surface area contributed by atoms with E-state index in [0.29, 0.717) is 6.42 Å². The Morgan fingerprint density at radius 1 is 1.26 bits per heavy atom. The quantitative estimate of drug-likeness (QED) is 0.772. The van der Waals surface area contributed by atoms with Crippen molar-refractivity contribution in [1.29, 1.82) is 0 Å². The predicted molar refractivity (Wildman–Crippen MR) is 93.9 cm³/mol. The van der Waals surface area contributed by atoms with Crippen LogP contribution in [0.3, 0.4) is 0 Å². The van der Waals surface area contributed by atoms with Gasteiger partial charge in [0.2, 0.25) is 5.91 Å². The summed E-state index contributed by atoms with van der Waals surface area (Å²) >= 11 is 0. The molecule has 1 amide bonds. The molecule has 1 aromatic rings. The molecule has 0 aromatic heterocycles. The van der Waals surface area contributed by atoms with Crippen LogP contribution in [0.4, 0.5) is 5.69 Å². The van der Waals surface area contributed by atoms with Gasteiger partial charge in [-0.3, -0.25) is 4.79 Å². The number of anilines is 1. The minimum absolute atomic E-state index is 0.0764. The highest BCUT2D eigenvalue weighted by atomic mass is 16.5. The smallest absolute Gasteiger partial charge is 0.225 e. The molecule has 128 valence electrons. The monoisotopic (exact) mass is 319 g/mol. The van der Waals surface area contributed by atoms with Crippen LogP contribution in [0.1, 0.15) is 25.7 Å². The van der Waals surface area contributed by atoms with Gasteiger partial charge in [0.1, 0.15) is 5.75 Å². The largest absolute Gasteiger partial charge is 0.497 e. The van der Waals surface area contributed by atoms with Gasteiger partial charge in [0, 0.05) is 18.7 Å². The molecule has 0 aliphatic carbocycles. The van der Waals surface area contributed by atoms with Crippen molar-refractivity contribution in [1.82, 2.24) is 10.2 Å². The first-order valence-electron chi connectivity index (χ1n) is 8.52. The lowest BCUT2D eigenvalue weighted by Crippen LogP contribution is -2.36. The average Bonchev–Trinajstić information content (AvgIpc) is 2.59. The second-order valence-electron chi connectivity index (χ2n) is 6.20. The summed E-state index contributed by atoms with van der Waals surface area (Å²) in [5.74, 6) is 1.71. The van der Waals surface area contributed by atoms with Gasteiger partial charge in [-0.15, -0.1) is 0 Å². The molecule has 1 aliphatic rings. The predicted octanol–water partition coefficient (Wildman–Crippen LogP) is 2.35. The van der Waals surface area contributed by atoms with Crippen LogP contribution in [-0.2, 0) is 4.79 Å². The van der Waals surface area contributed by atoms with Crippen LogP contribution in [0.25, 0.3) is 0 Å². The zero-order valence-electron chi connectivity index (χ0n) is 14.3. The van der Waals surface area contributed by atoms with Gasteiger partial charge >= 0.3 is 0 Å². The Hall–Kier alpha value is -1.59. The van der Waals surface area contributed by atoms with E-state index in [1.165, 1.54) is 19.3 Å². The molecule has 1 heterocycles. The van der Waals surface area contributed by atoms with Crippen molar-refractivity contribution in [3.05, 3.63) is 24.3 Å². The van der Waals surface area contributed by atoms with Crippen LogP contribution in [0.15, 0.2) is 24.3 Å². The Morgan fingerprint density at radius 2 is 1.96 bits per heavy atom. The summed E-state index contributed by atoms with van der Waals surface area (Å²) in [6.45, 7) is 4.18. The molecular weight excluding hydrogens is 290 g/mol. The molecule has 23 heavy (non-hydrogen) atoms. The second-order valence-corrected chi connectivity index (χ2v) is 6.20. The Balaban J connectivity index is 1.64. The van der Waals surface area contributed by atoms with Crippen LogP contribution in [0.2, 0.25) is 0 Å². The summed E-state index contributed by atoms with van der Waals surface area (Å²) in [5, 5.41) is 6.16. The molecule has 2 rings (SSSR count). The van der Waals surface area contributed by atoms with Crippen LogP contribution in [0.5, 0.6) is 5.75 Å². The topological polar surface area (TPSA) is 53.6 Å². The van der Waals surface area contributed by atoms with Crippen LogP contribution in [0, 0.1) is 5.92 Å². The van der Waals surface area contributed by atoms with E-state index in [1.807, 2.05) is 31.3 Å². The standard InChI is InChI=1S/C18H29N3O2/c1-19-11-7-15-8-12-21(13-9-15)14-10-18(22)20-16-3-5-17(23-2)6-4-16/h3-6,15,19H,7-14H2,1-2H3,(H,20,22). The number of amides is 1. The third kappa shape index (κ3) is 6.20. The normalized spacial score (nSPS) is 16.3. The Morgan fingerprint density at radius 3 is 2.57 bits per heavy atom. The lowest BCUT2D eigenvalue weighted by molar-refractivity contribution is -0.116. The van der Waals surface area contributed by atoms with Crippen LogP contribution < -0.4 is 15.4 Å². The van der Waals surface area contributed by atoms with Crippen molar-refractivity contribution in [2.75, 3.05) is 45.7 Å². The highest BCUT2D eigenvalue weighted by molar-refractivity contribution is 5.90. The number of carbonyl (C=O) groups excluding carboxylic acids is 1. The molecule has 0 radical (unpaired) electrons. The summed E-state index contributed by atoms with van der Waals surface area (Å²) in [5.41, 5.74) is 0.821. The number of hydrogen-bond donors (Lipinski definition) is 2. The first-order valence-corrected chi connectivity index (χ1v) is 8.52. The van der Waals surface area contributed by atoms with E-state index in [-0.39, 0.29) is 5.91 Å². The van der Waals surface area contributed by atoms with Gasteiger partial charge in [0.25, 0.3) is 0 Å². The number of piperidine rings is 1. The Kier molecular flexibility index (Phi) is 7.36. The molecule has 1 saturated heterocycles. The zero-order valence-corrected chi connectivity index (χ0v) is 14.3. The average molecular weight is 319 g/mol. The fourth-order valence-electron chi connectivity index (χ4n) is 3.00. The molecule has 0 saturated carbocycles. The van der Waals surface area contributed by atoms with Gasteiger partial charge < -0.3 is 20.3 Å². The van der Waals surface area contributed by atoms with Crippen molar-refractivity contribution in [2.45, 2.75) is 25.7 Å². The van der Waals surface area contributed by atoms with Gasteiger partial charge in [-0.1, -0.05) is 0 Å². The maximum Gasteiger partial charge on any atom is 0.225 e. The van der Waals surface area contributed by atoms with E-state index >= 15 is 0 Å². The Labute approximate surface area is 139 Å². The molecule has 0 bridgehead atoms. The number of ether oxygens (including phenoxy) is 1. The van der Waals surface area contributed by atoms with Gasteiger partial charge in [0.05, 0.1) is 7.11 Å². The maximum atomic E-state index is 12.0. The van der Waals surface area contributed by atoms with Crippen LogP contribution >= 0.6 is 0 Å². The summed E-state index contributed by atoms with van der Waals surface area (Å²) in [7, 11) is 3.64. The fourth-order valence-corrected chi connectivity index (χ4v) is 3.00. The molecule has 0 atom stereocenters. The maximum absolute atomic E-state index is 12.0. The highest BCUT2D eigenvalue weighted by Crippen LogP contribution is 2.20. The minimum Gasteiger partial charge on any atom is -0.497 e. The highest BCUT2D eigenvalue weighted by Gasteiger charge is 2.19. The molecule has 5 nitrogen and oxygen atoms in total. The Bertz CT molecular complexity index is 468. The number of nitrogens with one attached hydrogen (secondary N) is 2. The zero-order chi connectivity index (χ0) is 16.5. The number of benzene rings is 1. The van der Waals surface area contributed by atoms with E-state index in [9.17, 15) is 4.79 Å². The summed E-state index contributed by atoms with van der Waals surface area (Å²) < 4.78 is 5.11. The minimum atomic E-state index is 0.0764. The van der Waals surface area contributed by atoms with Crippen molar-refractivity contribution < 1.29 is 9.53 Å². The molecular formula is C18H29N3O2. The molecule has 0 unspecified atom stereocenters. The molecule has 2 N–H and O–H groups in total. The second kappa shape index (κ2) is 9.53. The lowest BCUT2D eigenvalue weighted by atomic mass is 9.93. The van der Waals surface area contributed by atoms with E-state index in [1.54, 1.807) is 7.11 Å². The van der Waals surface area contributed by atoms with E-state index < -0.39 is 0 Å². The lowest BCUT2D eigenvalue weighted by Gasteiger charge is -2.31. The number of methoxy groups -OCH3 is 1. The van der Waals surface area contributed by atoms with Crippen molar-refractivity contribution in [3.8, 4) is 5.75 Å². The molecule has 0 spiro atoms. The van der Waals surface area contributed by atoms with Gasteiger partial charge in [-0.05, 0) is 76.1 Å². The van der Waals surface area contributed by atoms with E-state index in [4.69, 9.17) is 4.74 Å². The van der Waals surface area contributed by atoms with Gasteiger partial charge in [-0.2, -0.15) is 0 Å². The first-order chi connectivity index (χ1) is 11.2. The molecule has 1 fully saturated rings. The van der Waals surface area contributed by atoms with Crippen molar-refractivity contribution in [3.63, 3.8) is 0 Å². The van der Waals surface area contributed by atoms with Gasteiger partial charge in [-0.25, -0.2) is 0 Å². The third-order valence-corrected chi connectivity index (χ3v) is 4.54. The number of rotatable bonds is 8. The van der Waals surface area contributed by atoms with Gasteiger partial charge in [0.15, 0.2) is 0 Å². The SMILES string of the molecule is CNCCC1CCN(CCC(=O)Nc2ccc(OC)cc2)CC1. The third-order valence-electron chi connectivity index (χ3n) is 4.54. The van der Waals surface area contributed by atoms with Crippen molar-refractivity contribution in [2.24, 2.45) is 5.92 Å². The first kappa shape index (κ1) is 17.8. The molecule has 1 aliphatic heterocycles. The number of hydrogen-bond acceptors (Lipinski definition) is 4. The van der Waals surface area contributed by atoms with Crippen LogP contribution in [-0.4, -0.2) is 51.1 Å². The van der Waals surface area contributed by atoms with E-state index in [0.717, 1.165) is 43.5 Å². The number of nitrogens with zero attached hydrogens (tertiary/aromatic N) is 1. The summed E-state index contributed by atoms with van der Waals surface area (Å²) in [4.78, 5) is 14.4. The summed E-state index contributed by atoms with van der Waals surface area (Å²) in [6, 6.07) is 7.44. The van der Waals surface area contributed by atoms with E-state index in [2.05, 4.69) is 15.5 Å². The number of likely N-dealkylation sites (tertiary alicyclic amines) is 1. The number of carbonyl (C=O) groups is 1. The molecule has 5 heteroatoms. The summed E-state index contributed by atoms with van der Waals surface area (Å²) in [6.07, 6.45) is 4.32. The fraction of sp³-hybridized carbons (Fsp3) is 0.611.